The molecular weight excluding hydrogens is 276 g/mol. The van der Waals surface area contributed by atoms with Crippen molar-refractivity contribution in [3.63, 3.8) is 0 Å². The van der Waals surface area contributed by atoms with Crippen LogP contribution in [0.25, 0.3) is 10.2 Å². The first-order chi connectivity index (χ1) is 10.1. The molecule has 2 aromatic rings. The minimum absolute atomic E-state index is 0.447. The highest BCUT2D eigenvalue weighted by Crippen LogP contribution is 2.43. The van der Waals surface area contributed by atoms with E-state index in [0.717, 1.165) is 17.9 Å². The van der Waals surface area contributed by atoms with E-state index in [1.807, 2.05) is 11.3 Å². The smallest absolute Gasteiger partial charge is 0.0954 e. The third-order valence-corrected chi connectivity index (χ3v) is 6.24. The predicted molar refractivity (Wildman–Crippen MR) is 91.9 cm³/mol. The van der Waals surface area contributed by atoms with Crippen LogP contribution in [0.1, 0.15) is 44.5 Å². The molecule has 1 aliphatic rings. The van der Waals surface area contributed by atoms with Gasteiger partial charge in [-0.3, -0.25) is 0 Å². The van der Waals surface area contributed by atoms with Gasteiger partial charge in [-0.2, -0.15) is 0 Å². The Labute approximate surface area is 132 Å². The Morgan fingerprint density at radius 1 is 1.33 bits per heavy atom. The molecule has 2 atom stereocenters. The van der Waals surface area contributed by atoms with Gasteiger partial charge in [0, 0.05) is 12.5 Å². The van der Waals surface area contributed by atoms with Crippen molar-refractivity contribution in [1.82, 2.24) is 10.3 Å². The Balaban J connectivity index is 1.80. The molecular formula is C18H26N2S. The van der Waals surface area contributed by atoms with Crippen molar-refractivity contribution in [2.45, 2.75) is 52.0 Å². The highest BCUT2D eigenvalue weighted by atomic mass is 32.1. The molecule has 1 aromatic carbocycles. The zero-order valence-corrected chi connectivity index (χ0v) is 14.2. The maximum atomic E-state index is 4.82. The van der Waals surface area contributed by atoms with Crippen molar-refractivity contribution in [2.24, 2.45) is 11.3 Å². The maximum absolute atomic E-state index is 4.82. The molecule has 2 nitrogen and oxygen atoms in total. The number of fused-ring (bicyclic) bond motifs is 1. The van der Waals surface area contributed by atoms with Crippen LogP contribution in [0.5, 0.6) is 0 Å². The van der Waals surface area contributed by atoms with Gasteiger partial charge in [0.2, 0.25) is 0 Å². The van der Waals surface area contributed by atoms with Crippen LogP contribution in [0.3, 0.4) is 0 Å². The number of aromatic nitrogens is 1. The minimum Gasteiger partial charge on any atom is -0.316 e. The molecule has 1 saturated carbocycles. The van der Waals surface area contributed by atoms with E-state index in [-0.39, 0.29) is 0 Å². The van der Waals surface area contributed by atoms with Crippen LogP contribution in [-0.2, 0) is 6.42 Å². The van der Waals surface area contributed by atoms with E-state index in [2.05, 4.69) is 50.5 Å². The molecule has 3 rings (SSSR count). The number of thiazole rings is 1. The van der Waals surface area contributed by atoms with Crippen LogP contribution >= 0.6 is 11.3 Å². The average Bonchev–Trinajstić information content (AvgIpc) is 2.87. The second-order valence-electron chi connectivity index (χ2n) is 7.02. The fourth-order valence-electron chi connectivity index (χ4n) is 3.91. The first-order valence-electron chi connectivity index (χ1n) is 8.12. The Kier molecular flexibility index (Phi) is 4.32. The van der Waals surface area contributed by atoms with Crippen LogP contribution in [0, 0.1) is 11.3 Å². The summed E-state index contributed by atoms with van der Waals surface area (Å²) < 4.78 is 1.31. The summed E-state index contributed by atoms with van der Waals surface area (Å²) in [5, 5.41) is 4.86. The molecule has 0 spiro atoms. The number of hydrogen-bond donors (Lipinski definition) is 1. The molecule has 1 heterocycles. The van der Waals surface area contributed by atoms with Gasteiger partial charge in [0.05, 0.1) is 15.2 Å². The summed E-state index contributed by atoms with van der Waals surface area (Å²) in [5.74, 6) is 0.753. The Bertz CT molecular complexity index is 569. The highest BCUT2D eigenvalue weighted by molar-refractivity contribution is 7.18. The number of nitrogens with zero attached hydrogens (tertiary/aromatic N) is 1. The lowest BCUT2D eigenvalue weighted by Crippen LogP contribution is -2.44. The largest absolute Gasteiger partial charge is 0.316 e. The maximum Gasteiger partial charge on any atom is 0.0954 e. The monoisotopic (exact) mass is 302 g/mol. The third-order valence-electron chi connectivity index (χ3n) is 5.18. The van der Waals surface area contributed by atoms with Gasteiger partial charge in [-0.25, -0.2) is 4.98 Å². The van der Waals surface area contributed by atoms with Gasteiger partial charge in [0.1, 0.15) is 0 Å². The number of rotatable bonds is 4. The quantitative estimate of drug-likeness (QED) is 0.889. The first-order valence-corrected chi connectivity index (χ1v) is 8.93. The van der Waals surface area contributed by atoms with Crippen molar-refractivity contribution in [3.05, 3.63) is 29.3 Å². The molecule has 0 amide bonds. The Morgan fingerprint density at radius 2 is 2.14 bits per heavy atom. The van der Waals surface area contributed by atoms with E-state index in [1.165, 1.54) is 35.4 Å². The van der Waals surface area contributed by atoms with Crippen molar-refractivity contribution in [3.8, 4) is 0 Å². The lowest BCUT2D eigenvalue weighted by molar-refractivity contribution is 0.101. The summed E-state index contributed by atoms with van der Waals surface area (Å²) in [7, 11) is 2.11. The number of benzene rings is 1. The van der Waals surface area contributed by atoms with Crippen molar-refractivity contribution in [2.75, 3.05) is 7.05 Å². The first kappa shape index (κ1) is 15.0. The Hall–Kier alpha value is -0.930. The summed E-state index contributed by atoms with van der Waals surface area (Å²) in [6, 6.07) is 9.01. The van der Waals surface area contributed by atoms with Gasteiger partial charge in [0.25, 0.3) is 0 Å². The molecule has 2 unspecified atom stereocenters. The second kappa shape index (κ2) is 6.05. The predicted octanol–water partition coefficient (Wildman–Crippen LogP) is 4.64. The van der Waals surface area contributed by atoms with Gasteiger partial charge in [-0.15, -0.1) is 11.3 Å². The standard InChI is InChI=1S/C18H26N2S/c1-18(2)11-7-6-8-13(18)15(19-3)12-17-20-14-9-4-5-10-16(14)21-17/h4-5,9-10,13,15,19H,6-8,11-12H2,1-3H3. The van der Waals surface area contributed by atoms with E-state index >= 15 is 0 Å². The summed E-state index contributed by atoms with van der Waals surface area (Å²) in [6.45, 7) is 4.89. The van der Waals surface area contributed by atoms with Gasteiger partial charge < -0.3 is 5.32 Å². The molecule has 3 heteroatoms. The summed E-state index contributed by atoms with van der Waals surface area (Å²) in [4.78, 5) is 4.82. The lowest BCUT2D eigenvalue weighted by atomic mass is 9.65. The van der Waals surface area contributed by atoms with Crippen molar-refractivity contribution >= 4 is 21.6 Å². The van der Waals surface area contributed by atoms with Crippen molar-refractivity contribution in [1.29, 1.82) is 0 Å². The number of likely N-dealkylation sites (N-methyl/N-ethyl adjacent to an activating group) is 1. The molecule has 1 aromatic heterocycles. The SMILES string of the molecule is CNC(Cc1nc2ccccc2s1)C1CCCCC1(C)C. The molecule has 114 valence electrons. The van der Waals surface area contributed by atoms with Crippen LogP contribution in [0.4, 0.5) is 0 Å². The fourth-order valence-corrected chi connectivity index (χ4v) is 4.93. The highest BCUT2D eigenvalue weighted by Gasteiger charge is 2.37. The fraction of sp³-hybridized carbons (Fsp3) is 0.611. The molecule has 1 N–H and O–H groups in total. The summed E-state index contributed by atoms with van der Waals surface area (Å²) >= 11 is 1.85. The molecule has 1 fully saturated rings. The second-order valence-corrected chi connectivity index (χ2v) is 8.13. The van der Waals surface area contributed by atoms with Crippen LogP contribution < -0.4 is 5.32 Å². The zero-order chi connectivity index (χ0) is 14.9. The molecule has 0 radical (unpaired) electrons. The number of hydrogen-bond acceptors (Lipinski definition) is 3. The normalized spacial score (nSPS) is 23.3. The zero-order valence-electron chi connectivity index (χ0n) is 13.4. The van der Waals surface area contributed by atoms with Crippen molar-refractivity contribution < 1.29 is 0 Å². The molecule has 0 bridgehead atoms. The molecule has 21 heavy (non-hydrogen) atoms. The molecule has 1 aliphatic carbocycles. The average molecular weight is 302 g/mol. The number of nitrogens with one attached hydrogen (secondary N) is 1. The van der Waals surface area contributed by atoms with Gasteiger partial charge >= 0.3 is 0 Å². The van der Waals surface area contributed by atoms with E-state index in [9.17, 15) is 0 Å². The van der Waals surface area contributed by atoms with E-state index in [4.69, 9.17) is 4.98 Å². The molecule has 0 aliphatic heterocycles. The van der Waals surface area contributed by atoms with Crippen LogP contribution in [0.15, 0.2) is 24.3 Å². The molecule has 0 saturated heterocycles. The van der Waals surface area contributed by atoms with E-state index in [1.54, 1.807) is 0 Å². The summed E-state index contributed by atoms with van der Waals surface area (Å²) in [6.07, 6.45) is 6.54. The van der Waals surface area contributed by atoms with E-state index in [0.29, 0.717) is 11.5 Å². The van der Waals surface area contributed by atoms with Gasteiger partial charge in [-0.05, 0) is 43.4 Å². The van der Waals surface area contributed by atoms with Gasteiger partial charge in [-0.1, -0.05) is 38.8 Å². The number of para-hydroxylation sites is 1. The topological polar surface area (TPSA) is 24.9 Å². The van der Waals surface area contributed by atoms with Crippen LogP contribution in [-0.4, -0.2) is 18.1 Å². The van der Waals surface area contributed by atoms with Gasteiger partial charge in [0.15, 0.2) is 0 Å². The Morgan fingerprint density at radius 3 is 2.86 bits per heavy atom. The lowest BCUT2D eigenvalue weighted by Gasteiger charge is -2.43. The minimum atomic E-state index is 0.447. The summed E-state index contributed by atoms with van der Waals surface area (Å²) in [5.41, 5.74) is 1.60. The van der Waals surface area contributed by atoms with Crippen LogP contribution in [0.2, 0.25) is 0 Å². The third kappa shape index (κ3) is 3.14. The van der Waals surface area contributed by atoms with E-state index < -0.39 is 0 Å².